The van der Waals surface area contributed by atoms with Gasteiger partial charge in [0.1, 0.15) is 0 Å². The molecule has 0 aliphatic rings. The third kappa shape index (κ3) is 5.47. The molecule has 0 aliphatic heterocycles. The van der Waals surface area contributed by atoms with Crippen LogP contribution in [0.2, 0.25) is 0 Å². The summed E-state index contributed by atoms with van der Waals surface area (Å²) in [6, 6.07) is 11.7. The molecule has 0 unspecified atom stereocenters. The lowest BCUT2D eigenvalue weighted by Gasteiger charge is -2.26. The van der Waals surface area contributed by atoms with E-state index in [1.807, 2.05) is 6.92 Å². The number of carbonyl (C=O) groups is 1. The summed E-state index contributed by atoms with van der Waals surface area (Å²) in [5.41, 5.74) is 0.600. The number of nitrogens with one attached hydrogen (secondary N) is 1. The second-order valence-electron chi connectivity index (χ2n) is 7.00. The highest BCUT2D eigenvalue weighted by atomic mass is 19.4. The van der Waals surface area contributed by atoms with Gasteiger partial charge in [-0.2, -0.15) is 13.2 Å². The Hall–Kier alpha value is -2.54. The standard InChI is InChI=1S/C20H23F3N2O2/c1-4-19(2,3)18(26)25(27)13-14-5-9-16(10-6-14)24-17-11-7-15(8-12-17)20(21,22)23/h5-12,24,27H,4,13H2,1-3H3. The summed E-state index contributed by atoms with van der Waals surface area (Å²) in [6.07, 6.45) is -3.75. The van der Waals surface area contributed by atoms with E-state index in [-0.39, 0.29) is 12.5 Å². The monoisotopic (exact) mass is 380 g/mol. The Labute approximate surface area is 156 Å². The van der Waals surface area contributed by atoms with Crippen LogP contribution in [0.4, 0.5) is 24.5 Å². The Morgan fingerprint density at radius 1 is 1.00 bits per heavy atom. The maximum atomic E-state index is 12.6. The van der Waals surface area contributed by atoms with E-state index in [0.717, 1.165) is 17.7 Å². The van der Waals surface area contributed by atoms with Crippen LogP contribution in [0.15, 0.2) is 48.5 Å². The van der Waals surface area contributed by atoms with Crippen LogP contribution >= 0.6 is 0 Å². The number of anilines is 2. The van der Waals surface area contributed by atoms with E-state index in [1.54, 1.807) is 38.1 Å². The zero-order valence-electron chi connectivity index (χ0n) is 15.5. The summed E-state index contributed by atoms with van der Waals surface area (Å²) >= 11 is 0. The van der Waals surface area contributed by atoms with Crippen molar-refractivity contribution in [3.8, 4) is 0 Å². The molecule has 0 heterocycles. The van der Waals surface area contributed by atoms with Crippen LogP contribution in [0, 0.1) is 5.41 Å². The number of hydrogen-bond donors (Lipinski definition) is 2. The summed E-state index contributed by atoms with van der Waals surface area (Å²) in [7, 11) is 0. The molecule has 1 amide bonds. The minimum atomic E-state index is -4.36. The lowest BCUT2D eigenvalue weighted by atomic mass is 9.89. The Bertz CT molecular complexity index is 769. The molecule has 0 aliphatic carbocycles. The number of carbonyl (C=O) groups excluding carboxylic acids is 1. The van der Waals surface area contributed by atoms with Gasteiger partial charge in [-0.15, -0.1) is 0 Å². The smallest absolute Gasteiger partial charge is 0.356 e. The number of rotatable bonds is 6. The van der Waals surface area contributed by atoms with Gasteiger partial charge in [-0.25, -0.2) is 5.06 Å². The van der Waals surface area contributed by atoms with Gasteiger partial charge in [0.25, 0.3) is 5.91 Å². The van der Waals surface area contributed by atoms with Gasteiger partial charge in [-0.1, -0.05) is 32.9 Å². The molecular formula is C20H23F3N2O2. The first-order valence-electron chi connectivity index (χ1n) is 8.57. The van der Waals surface area contributed by atoms with Gasteiger partial charge in [0.15, 0.2) is 0 Å². The Balaban J connectivity index is 2.00. The number of hydroxylamine groups is 2. The normalized spacial score (nSPS) is 12.0. The second-order valence-corrected chi connectivity index (χ2v) is 7.00. The maximum Gasteiger partial charge on any atom is 0.416 e. The molecule has 0 saturated carbocycles. The molecular weight excluding hydrogens is 357 g/mol. The van der Waals surface area contributed by atoms with Crippen molar-refractivity contribution < 1.29 is 23.2 Å². The lowest BCUT2D eigenvalue weighted by Crippen LogP contribution is -2.38. The van der Waals surface area contributed by atoms with Crippen LogP contribution < -0.4 is 5.32 Å². The van der Waals surface area contributed by atoms with Gasteiger partial charge >= 0.3 is 6.18 Å². The molecule has 27 heavy (non-hydrogen) atoms. The quantitative estimate of drug-likeness (QED) is 0.506. The van der Waals surface area contributed by atoms with Gasteiger partial charge in [0.05, 0.1) is 12.1 Å². The molecule has 0 spiro atoms. The molecule has 0 saturated heterocycles. The fourth-order valence-electron chi connectivity index (χ4n) is 2.35. The van der Waals surface area contributed by atoms with E-state index in [1.165, 1.54) is 12.1 Å². The van der Waals surface area contributed by atoms with Crippen LogP contribution in [0.3, 0.4) is 0 Å². The third-order valence-corrected chi connectivity index (χ3v) is 4.48. The average molecular weight is 380 g/mol. The number of amides is 1. The fraction of sp³-hybridized carbons (Fsp3) is 0.350. The molecule has 7 heteroatoms. The van der Waals surface area contributed by atoms with E-state index in [4.69, 9.17) is 0 Å². The second kappa shape index (κ2) is 8.00. The zero-order chi connectivity index (χ0) is 20.2. The Kier molecular flexibility index (Phi) is 6.15. The number of hydrogen-bond acceptors (Lipinski definition) is 3. The van der Waals surface area contributed by atoms with Crippen LogP contribution in [-0.2, 0) is 17.5 Å². The molecule has 0 aromatic heterocycles. The highest BCUT2D eigenvalue weighted by molar-refractivity contribution is 5.80. The van der Waals surface area contributed by atoms with Crippen LogP contribution in [0.1, 0.15) is 38.3 Å². The minimum Gasteiger partial charge on any atom is -0.356 e. The average Bonchev–Trinajstić information content (AvgIpc) is 2.62. The molecule has 2 aromatic rings. The molecule has 2 N–H and O–H groups in total. The van der Waals surface area contributed by atoms with E-state index in [9.17, 15) is 23.2 Å². The van der Waals surface area contributed by atoms with Crippen LogP contribution in [0.25, 0.3) is 0 Å². The Morgan fingerprint density at radius 2 is 1.48 bits per heavy atom. The summed E-state index contributed by atoms with van der Waals surface area (Å²) in [4.78, 5) is 12.2. The van der Waals surface area contributed by atoms with E-state index >= 15 is 0 Å². The van der Waals surface area contributed by atoms with Crippen molar-refractivity contribution in [3.05, 3.63) is 59.7 Å². The largest absolute Gasteiger partial charge is 0.416 e. The topological polar surface area (TPSA) is 52.6 Å². The highest BCUT2D eigenvalue weighted by Crippen LogP contribution is 2.30. The summed E-state index contributed by atoms with van der Waals surface area (Å²) < 4.78 is 37.7. The summed E-state index contributed by atoms with van der Waals surface area (Å²) in [5, 5.41) is 13.7. The predicted octanol–water partition coefficient (Wildman–Crippen LogP) is 5.60. The van der Waals surface area contributed by atoms with Crippen molar-refractivity contribution in [2.24, 2.45) is 5.41 Å². The number of alkyl halides is 3. The van der Waals surface area contributed by atoms with Crippen molar-refractivity contribution in [1.82, 2.24) is 5.06 Å². The molecule has 2 rings (SSSR count). The number of halogens is 3. The van der Waals surface area contributed by atoms with Gasteiger partial charge in [-0.05, 0) is 48.4 Å². The van der Waals surface area contributed by atoms with Crippen molar-refractivity contribution in [1.29, 1.82) is 0 Å². The fourth-order valence-corrected chi connectivity index (χ4v) is 2.35. The Morgan fingerprint density at radius 3 is 1.93 bits per heavy atom. The molecule has 146 valence electrons. The first-order valence-corrected chi connectivity index (χ1v) is 8.57. The molecule has 0 atom stereocenters. The third-order valence-electron chi connectivity index (χ3n) is 4.48. The van der Waals surface area contributed by atoms with Gasteiger partial charge < -0.3 is 5.32 Å². The van der Waals surface area contributed by atoms with Crippen molar-refractivity contribution in [2.75, 3.05) is 5.32 Å². The number of benzene rings is 2. The van der Waals surface area contributed by atoms with E-state index in [2.05, 4.69) is 5.32 Å². The van der Waals surface area contributed by atoms with E-state index < -0.39 is 17.2 Å². The summed E-state index contributed by atoms with van der Waals surface area (Å²) in [6.45, 7) is 5.49. The molecule has 0 radical (unpaired) electrons. The van der Waals surface area contributed by atoms with Gasteiger partial charge in [-0.3, -0.25) is 10.0 Å². The zero-order valence-corrected chi connectivity index (χ0v) is 15.5. The first-order chi connectivity index (χ1) is 12.5. The van der Waals surface area contributed by atoms with Crippen LogP contribution in [0.5, 0.6) is 0 Å². The highest BCUT2D eigenvalue weighted by Gasteiger charge is 2.30. The molecule has 0 bridgehead atoms. The van der Waals surface area contributed by atoms with Crippen molar-refractivity contribution in [2.45, 2.75) is 39.9 Å². The first kappa shape index (κ1) is 20.8. The molecule has 0 fully saturated rings. The minimum absolute atomic E-state index is 0.0584. The lowest BCUT2D eigenvalue weighted by molar-refractivity contribution is -0.178. The number of nitrogens with zero attached hydrogens (tertiary/aromatic N) is 1. The van der Waals surface area contributed by atoms with Gasteiger partial charge in [0.2, 0.25) is 0 Å². The molecule has 2 aromatic carbocycles. The SMILES string of the molecule is CCC(C)(C)C(=O)N(O)Cc1ccc(Nc2ccc(C(F)(F)F)cc2)cc1. The van der Waals surface area contributed by atoms with Crippen LogP contribution in [-0.4, -0.2) is 16.2 Å². The van der Waals surface area contributed by atoms with E-state index in [0.29, 0.717) is 22.9 Å². The molecule has 4 nitrogen and oxygen atoms in total. The predicted molar refractivity (Wildman–Crippen MR) is 97.6 cm³/mol. The summed E-state index contributed by atoms with van der Waals surface area (Å²) in [5.74, 6) is -0.350. The van der Waals surface area contributed by atoms with Crippen molar-refractivity contribution >= 4 is 17.3 Å². The maximum absolute atomic E-state index is 12.6. The van der Waals surface area contributed by atoms with Crippen molar-refractivity contribution in [3.63, 3.8) is 0 Å². The van der Waals surface area contributed by atoms with Gasteiger partial charge in [0, 0.05) is 16.8 Å².